The SMILES string of the molecule is COc1cc(-c2ccc(-c3ncc(N(C4CC4)[C@H]4C[C@]5(C)CCC[C@](C)(C4)N5)nn3)c(O)c2)cnn1. The highest BCUT2D eigenvalue weighted by Gasteiger charge is 2.49. The topological polar surface area (TPSA) is 109 Å². The van der Waals surface area contributed by atoms with Crippen LogP contribution in [0.1, 0.15) is 58.8 Å². The van der Waals surface area contributed by atoms with Crippen molar-refractivity contribution in [2.75, 3.05) is 12.0 Å². The lowest BCUT2D eigenvalue weighted by molar-refractivity contribution is 0.0766. The predicted molar refractivity (Wildman–Crippen MR) is 137 cm³/mol. The molecule has 4 heterocycles. The molecule has 2 aliphatic heterocycles. The van der Waals surface area contributed by atoms with Crippen molar-refractivity contribution in [3.8, 4) is 34.1 Å². The van der Waals surface area contributed by atoms with Crippen LogP contribution in [-0.2, 0) is 0 Å². The minimum atomic E-state index is 0.0870. The molecule has 0 spiro atoms. The number of phenolic OH excluding ortho intramolecular Hbond substituents is 1. The van der Waals surface area contributed by atoms with Crippen LogP contribution in [0.25, 0.3) is 22.5 Å². The molecule has 1 aromatic carbocycles. The van der Waals surface area contributed by atoms with E-state index in [9.17, 15) is 5.11 Å². The van der Waals surface area contributed by atoms with Crippen LogP contribution >= 0.6 is 0 Å². The molecular formula is C27H33N7O2. The van der Waals surface area contributed by atoms with Gasteiger partial charge in [0.25, 0.3) is 0 Å². The second-order valence-electron chi connectivity index (χ2n) is 11.2. The van der Waals surface area contributed by atoms with E-state index in [1.165, 1.54) is 32.1 Å². The van der Waals surface area contributed by atoms with E-state index in [0.29, 0.717) is 29.4 Å². The van der Waals surface area contributed by atoms with E-state index < -0.39 is 0 Å². The second kappa shape index (κ2) is 8.65. The average molecular weight is 488 g/mol. The molecular weight excluding hydrogens is 454 g/mol. The lowest BCUT2D eigenvalue weighted by Gasteiger charge is -2.55. The van der Waals surface area contributed by atoms with Crippen molar-refractivity contribution in [3.05, 3.63) is 36.7 Å². The lowest BCUT2D eigenvalue weighted by atomic mass is 9.69. The maximum absolute atomic E-state index is 10.8. The standard InChI is InChI=1S/C27H33N7O2/c1-26-9-4-10-27(2,33-26)14-20(13-26)34(19-6-7-19)23-16-28-25(32-30-23)21-8-5-17(11-22(21)35)18-12-24(36-3)31-29-15-18/h5,8,11-12,15-16,19-20,33,35H,4,6-7,9-10,13-14H2,1-3H3/t20-,26-,27+. The number of benzene rings is 1. The van der Waals surface area contributed by atoms with Gasteiger partial charge in [0.15, 0.2) is 11.6 Å². The number of nitrogens with one attached hydrogen (secondary N) is 1. The van der Waals surface area contributed by atoms with Gasteiger partial charge in [0.2, 0.25) is 5.88 Å². The fourth-order valence-corrected chi connectivity index (χ4v) is 6.38. The van der Waals surface area contributed by atoms with Crippen LogP contribution in [0.2, 0.25) is 0 Å². The van der Waals surface area contributed by atoms with Gasteiger partial charge >= 0.3 is 0 Å². The Morgan fingerprint density at radius 1 is 0.972 bits per heavy atom. The molecule has 2 aromatic heterocycles. The number of hydrogen-bond acceptors (Lipinski definition) is 9. The first-order valence-corrected chi connectivity index (χ1v) is 12.8. The highest BCUT2D eigenvalue weighted by Crippen LogP contribution is 2.45. The zero-order chi connectivity index (χ0) is 24.9. The molecule has 2 N–H and O–H groups in total. The van der Waals surface area contributed by atoms with Crippen LogP contribution in [0.5, 0.6) is 11.6 Å². The van der Waals surface area contributed by atoms with E-state index in [1.807, 2.05) is 18.3 Å². The van der Waals surface area contributed by atoms with Crippen LogP contribution in [-0.4, -0.2) is 60.8 Å². The van der Waals surface area contributed by atoms with Gasteiger partial charge in [0.05, 0.1) is 25.1 Å². The van der Waals surface area contributed by atoms with E-state index in [-0.39, 0.29) is 16.8 Å². The maximum Gasteiger partial charge on any atom is 0.233 e. The number of methoxy groups -OCH3 is 1. The largest absolute Gasteiger partial charge is 0.507 e. The Hall–Kier alpha value is -3.33. The van der Waals surface area contributed by atoms with Crippen molar-refractivity contribution in [1.29, 1.82) is 0 Å². The maximum atomic E-state index is 10.8. The third kappa shape index (κ3) is 4.36. The Balaban J connectivity index is 1.25. The number of ether oxygens (including phenoxy) is 1. The van der Waals surface area contributed by atoms with Gasteiger partial charge in [-0.1, -0.05) is 6.07 Å². The first kappa shape index (κ1) is 23.1. The molecule has 3 atom stereocenters. The van der Waals surface area contributed by atoms with E-state index in [1.54, 1.807) is 25.4 Å². The molecule has 0 radical (unpaired) electrons. The number of nitrogens with zero attached hydrogens (tertiary/aromatic N) is 6. The number of hydrogen-bond donors (Lipinski definition) is 2. The van der Waals surface area contributed by atoms with Gasteiger partial charge in [-0.25, -0.2) is 4.98 Å². The summed E-state index contributed by atoms with van der Waals surface area (Å²) in [4.78, 5) is 7.12. The third-order valence-electron chi connectivity index (χ3n) is 7.99. The third-order valence-corrected chi connectivity index (χ3v) is 7.99. The van der Waals surface area contributed by atoms with Gasteiger partial charge in [-0.05, 0) is 76.5 Å². The fourth-order valence-electron chi connectivity index (χ4n) is 6.38. The molecule has 0 unspecified atom stereocenters. The Kier molecular flexibility index (Phi) is 5.55. The van der Waals surface area contributed by atoms with E-state index in [2.05, 4.69) is 49.4 Å². The summed E-state index contributed by atoms with van der Waals surface area (Å²) < 4.78 is 5.16. The minimum absolute atomic E-state index is 0.0870. The van der Waals surface area contributed by atoms with Crippen molar-refractivity contribution in [1.82, 2.24) is 30.7 Å². The molecule has 1 saturated carbocycles. The van der Waals surface area contributed by atoms with Gasteiger partial charge in [0.1, 0.15) is 5.75 Å². The number of piperidine rings is 2. The van der Waals surface area contributed by atoms with Crippen molar-refractivity contribution in [2.45, 2.75) is 82.0 Å². The number of aromatic hydroxyl groups is 1. The Labute approximate surface area is 211 Å². The molecule has 3 aromatic rings. The monoisotopic (exact) mass is 487 g/mol. The van der Waals surface area contributed by atoms with E-state index >= 15 is 0 Å². The molecule has 2 saturated heterocycles. The first-order valence-electron chi connectivity index (χ1n) is 12.8. The Morgan fingerprint density at radius 3 is 2.39 bits per heavy atom. The average Bonchev–Trinajstić information content (AvgIpc) is 3.69. The summed E-state index contributed by atoms with van der Waals surface area (Å²) in [6.07, 6.45) is 11.8. The van der Waals surface area contributed by atoms with E-state index in [4.69, 9.17) is 4.74 Å². The highest BCUT2D eigenvalue weighted by atomic mass is 16.5. The van der Waals surface area contributed by atoms with Gasteiger partial charge in [0, 0.05) is 34.8 Å². The van der Waals surface area contributed by atoms with Gasteiger partial charge < -0.3 is 20.1 Å². The quantitative estimate of drug-likeness (QED) is 0.530. The lowest BCUT2D eigenvalue weighted by Crippen LogP contribution is -2.67. The van der Waals surface area contributed by atoms with Crippen molar-refractivity contribution >= 4 is 5.82 Å². The summed E-state index contributed by atoms with van der Waals surface area (Å²) in [6.45, 7) is 4.75. The van der Waals surface area contributed by atoms with Gasteiger partial charge in [-0.3, -0.25) is 0 Å². The zero-order valence-electron chi connectivity index (χ0n) is 21.1. The van der Waals surface area contributed by atoms with E-state index in [0.717, 1.165) is 29.8 Å². The second-order valence-corrected chi connectivity index (χ2v) is 11.2. The van der Waals surface area contributed by atoms with Crippen LogP contribution < -0.4 is 15.0 Å². The Bertz CT molecular complexity index is 1250. The number of phenols is 1. The molecule has 1 aliphatic carbocycles. The summed E-state index contributed by atoms with van der Waals surface area (Å²) in [5.41, 5.74) is 2.48. The van der Waals surface area contributed by atoms with Crippen LogP contribution in [0, 0.1) is 0 Å². The summed E-state index contributed by atoms with van der Waals surface area (Å²) in [5, 5.41) is 31.6. The summed E-state index contributed by atoms with van der Waals surface area (Å²) in [7, 11) is 1.55. The minimum Gasteiger partial charge on any atom is -0.507 e. The highest BCUT2D eigenvalue weighted by molar-refractivity contribution is 5.72. The molecule has 2 bridgehead atoms. The molecule has 0 amide bonds. The molecule has 9 nitrogen and oxygen atoms in total. The molecule has 9 heteroatoms. The fraction of sp³-hybridized carbons (Fsp3) is 0.519. The predicted octanol–water partition coefficient (Wildman–Crippen LogP) is 4.13. The van der Waals surface area contributed by atoms with Crippen molar-refractivity contribution < 1.29 is 9.84 Å². The molecule has 3 aliphatic rings. The molecule has 188 valence electrons. The van der Waals surface area contributed by atoms with Crippen molar-refractivity contribution in [3.63, 3.8) is 0 Å². The normalized spacial score (nSPS) is 27.5. The number of fused-ring (bicyclic) bond motifs is 2. The molecule has 3 fully saturated rings. The van der Waals surface area contributed by atoms with Crippen molar-refractivity contribution in [2.24, 2.45) is 0 Å². The number of rotatable bonds is 6. The molecule has 36 heavy (non-hydrogen) atoms. The van der Waals surface area contributed by atoms with Crippen LogP contribution in [0.3, 0.4) is 0 Å². The summed E-state index contributed by atoms with van der Waals surface area (Å²) in [6, 6.07) is 8.10. The first-order chi connectivity index (χ1) is 17.3. The molecule has 6 rings (SSSR count). The summed E-state index contributed by atoms with van der Waals surface area (Å²) >= 11 is 0. The smallest absolute Gasteiger partial charge is 0.233 e. The zero-order valence-corrected chi connectivity index (χ0v) is 21.1. The van der Waals surface area contributed by atoms with Gasteiger partial charge in [-0.2, -0.15) is 5.10 Å². The number of aromatic nitrogens is 5. The van der Waals surface area contributed by atoms with Gasteiger partial charge in [-0.15, -0.1) is 15.3 Å². The van der Waals surface area contributed by atoms with Crippen LogP contribution in [0.15, 0.2) is 36.7 Å². The van der Waals surface area contributed by atoms with Crippen LogP contribution in [0.4, 0.5) is 5.82 Å². The Morgan fingerprint density at radius 2 is 1.75 bits per heavy atom. The number of anilines is 1. The summed E-state index contributed by atoms with van der Waals surface area (Å²) in [5.74, 6) is 1.75.